The molecule has 0 unspecified atom stereocenters. The maximum atomic E-state index is 5.30. The summed E-state index contributed by atoms with van der Waals surface area (Å²) in [4.78, 5) is 4.58. The molecular weight excluding hydrogens is 369 g/mol. The first-order valence-electron chi connectivity index (χ1n) is 6.92. The standard InChI is InChI=1S/C14H23N3O2.HI/c1-18-10-8-16-14(17-11-12-4-5-12)15-7-6-13-3-2-9-19-13;/h2-3,9,12H,4-8,10-11H2,1H3,(H2,15,16,17);1H. The number of rotatable bonds is 8. The summed E-state index contributed by atoms with van der Waals surface area (Å²) >= 11 is 0. The molecule has 1 aliphatic rings. The number of furan rings is 1. The third-order valence-corrected chi connectivity index (χ3v) is 3.05. The molecule has 1 aromatic heterocycles. The van der Waals surface area contributed by atoms with E-state index in [1.54, 1.807) is 13.4 Å². The van der Waals surface area contributed by atoms with Crippen LogP contribution in [0.4, 0.5) is 0 Å². The molecule has 0 spiro atoms. The van der Waals surface area contributed by atoms with Crippen molar-refractivity contribution in [1.82, 2.24) is 10.6 Å². The Kier molecular flexibility index (Phi) is 8.68. The predicted molar refractivity (Wildman–Crippen MR) is 90.7 cm³/mol. The molecule has 6 heteroatoms. The van der Waals surface area contributed by atoms with E-state index >= 15 is 0 Å². The van der Waals surface area contributed by atoms with Gasteiger partial charge in [0, 0.05) is 33.2 Å². The third-order valence-electron chi connectivity index (χ3n) is 3.05. The van der Waals surface area contributed by atoms with E-state index in [1.807, 2.05) is 12.1 Å². The van der Waals surface area contributed by atoms with Gasteiger partial charge in [0.25, 0.3) is 0 Å². The summed E-state index contributed by atoms with van der Waals surface area (Å²) in [6, 6.07) is 3.90. The molecule has 0 bridgehead atoms. The van der Waals surface area contributed by atoms with Crippen LogP contribution in [0.1, 0.15) is 18.6 Å². The number of hydrogen-bond donors (Lipinski definition) is 2. The second-order valence-electron chi connectivity index (χ2n) is 4.81. The molecule has 0 aliphatic heterocycles. The number of hydrogen-bond acceptors (Lipinski definition) is 3. The molecule has 0 aromatic carbocycles. The minimum atomic E-state index is 0. The first-order chi connectivity index (χ1) is 9.38. The van der Waals surface area contributed by atoms with Gasteiger partial charge in [0.05, 0.1) is 12.9 Å². The van der Waals surface area contributed by atoms with Crippen molar-refractivity contribution in [3.63, 3.8) is 0 Å². The fourth-order valence-corrected chi connectivity index (χ4v) is 1.73. The third kappa shape index (κ3) is 7.14. The molecule has 114 valence electrons. The smallest absolute Gasteiger partial charge is 0.191 e. The Morgan fingerprint density at radius 1 is 1.40 bits per heavy atom. The Balaban J connectivity index is 0.00000200. The van der Waals surface area contributed by atoms with Crippen LogP contribution in [0.15, 0.2) is 27.8 Å². The van der Waals surface area contributed by atoms with Crippen LogP contribution in [0.3, 0.4) is 0 Å². The lowest BCUT2D eigenvalue weighted by molar-refractivity contribution is 0.203. The largest absolute Gasteiger partial charge is 0.469 e. The quantitative estimate of drug-likeness (QED) is 0.307. The van der Waals surface area contributed by atoms with Gasteiger partial charge in [-0.2, -0.15) is 0 Å². The zero-order valence-electron chi connectivity index (χ0n) is 11.9. The number of nitrogens with one attached hydrogen (secondary N) is 2. The highest BCUT2D eigenvalue weighted by Gasteiger charge is 2.20. The van der Waals surface area contributed by atoms with Crippen molar-refractivity contribution in [3.8, 4) is 0 Å². The summed E-state index contributed by atoms with van der Waals surface area (Å²) < 4.78 is 10.3. The Morgan fingerprint density at radius 2 is 2.20 bits per heavy atom. The molecule has 5 nitrogen and oxygen atoms in total. The summed E-state index contributed by atoms with van der Waals surface area (Å²) in [5, 5.41) is 6.59. The number of methoxy groups -OCH3 is 1. The van der Waals surface area contributed by atoms with Crippen LogP contribution in [0, 0.1) is 5.92 Å². The van der Waals surface area contributed by atoms with Gasteiger partial charge in [0.2, 0.25) is 0 Å². The Labute approximate surface area is 137 Å². The van der Waals surface area contributed by atoms with Crippen molar-refractivity contribution >= 4 is 29.9 Å². The van der Waals surface area contributed by atoms with Gasteiger partial charge in [0.1, 0.15) is 5.76 Å². The van der Waals surface area contributed by atoms with Crippen LogP contribution in [0.25, 0.3) is 0 Å². The second-order valence-corrected chi connectivity index (χ2v) is 4.81. The first kappa shape index (κ1) is 17.3. The molecule has 1 aromatic rings. The van der Waals surface area contributed by atoms with E-state index in [2.05, 4.69) is 15.6 Å². The number of ether oxygens (including phenoxy) is 1. The van der Waals surface area contributed by atoms with E-state index in [-0.39, 0.29) is 24.0 Å². The Morgan fingerprint density at radius 3 is 2.85 bits per heavy atom. The number of aliphatic imine (C=N–C) groups is 1. The van der Waals surface area contributed by atoms with Crippen LogP contribution in [-0.2, 0) is 11.2 Å². The molecule has 0 amide bonds. The number of guanidine groups is 1. The van der Waals surface area contributed by atoms with Crippen LogP contribution in [-0.4, -0.2) is 39.3 Å². The molecule has 1 heterocycles. The highest BCUT2D eigenvalue weighted by atomic mass is 127. The lowest BCUT2D eigenvalue weighted by atomic mass is 10.3. The molecule has 20 heavy (non-hydrogen) atoms. The monoisotopic (exact) mass is 393 g/mol. The Hall–Kier alpha value is -0.760. The van der Waals surface area contributed by atoms with E-state index in [9.17, 15) is 0 Å². The minimum absolute atomic E-state index is 0. The lowest BCUT2D eigenvalue weighted by Gasteiger charge is -2.11. The predicted octanol–water partition coefficient (Wildman–Crippen LogP) is 2.03. The van der Waals surface area contributed by atoms with Crippen molar-refractivity contribution in [2.45, 2.75) is 19.3 Å². The molecule has 0 radical (unpaired) electrons. The first-order valence-corrected chi connectivity index (χ1v) is 6.92. The zero-order chi connectivity index (χ0) is 13.3. The van der Waals surface area contributed by atoms with Crippen molar-refractivity contribution in [3.05, 3.63) is 24.2 Å². The highest BCUT2D eigenvalue weighted by Crippen LogP contribution is 2.28. The molecule has 1 aliphatic carbocycles. The summed E-state index contributed by atoms with van der Waals surface area (Å²) in [6.45, 7) is 3.19. The van der Waals surface area contributed by atoms with Gasteiger partial charge >= 0.3 is 0 Å². The van der Waals surface area contributed by atoms with Gasteiger partial charge in [-0.3, -0.25) is 4.99 Å². The second kappa shape index (κ2) is 10.0. The van der Waals surface area contributed by atoms with E-state index in [0.29, 0.717) is 6.61 Å². The molecule has 2 N–H and O–H groups in total. The fraction of sp³-hybridized carbons (Fsp3) is 0.643. The van der Waals surface area contributed by atoms with Crippen LogP contribution < -0.4 is 10.6 Å². The van der Waals surface area contributed by atoms with Gasteiger partial charge in [-0.05, 0) is 30.9 Å². The zero-order valence-corrected chi connectivity index (χ0v) is 14.3. The number of nitrogens with zero attached hydrogens (tertiary/aromatic N) is 1. The van der Waals surface area contributed by atoms with Crippen molar-refractivity contribution in [1.29, 1.82) is 0 Å². The normalized spacial score (nSPS) is 14.8. The van der Waals surface area contributed by atoms with Crippen molar-refractivity contribution < 1.29 is 9.15 Å². The van der Waals surface area contributed by atoms with Crippen LogP contribution in [0.2, 0.25) is 0 Å². The average Bonchev–Trinajstić information content (AvgIpc) is 3.11. The molecule has 1 fully saturated rings. The van der Waals surface area contributed by atoms with E-state index in [0.717, 1.165) is 43.7 Å². The average molecular weight is 393 g/mol. The molecule has 0 atom stereocenters. The lowest BCUT2D eigenvalue weighted by Crippen LogP contribution is -2.40. The van der Waals surface area contributed by atoms with Gasteiger partial charge in [0.15, 0.2) is 5.96 Å². The maximum absolute atomic E-state index is 5.30. The van der Waals surface area contributed by atoms with E-state index in [4.69, 9.17) is 9.15 Å². The van der Waals surface area contributed by atoms with Crippen LogP contribution in [0.5, 0.6) is 0 Å². The minimum Gasteiger partial charge on any atom is -0.469 e. The highest BCUT2D eigenvalue weighted by molar-refractivity contribution is 14.0. The molecule has 2 rings (SSSR count). The summed E-state index contributed by atoms with van der Waals surface area (Å²) in [5.74, 6) is 2.66. The van der Waals surface area contributed by atoms with Crippen LogP contribution >= 0.6 is 24.0 Å². The fourth-order valence-electron chi connectivity index (χ4n) is 1.73. The molecule has 1 saturated carbocycles. The van der Waals surface area contributed by atoms with Gasteiger partial charge in [-0.15, -0.1) is 24.0 Å². The van der Waals surface area contributed by atoms with Crippen molar-refractivity contribution in [2.75, 3.05) is 33.4 Å². The molecule has 0 saturated heterocycles. The van der Waals surface area contributed by atoms with Gasteiger partial charge in [-0.25, -0.2) is 0 Å². The topological polar surface area (TPSA) is 58.8 Å². The van der Waals surface area contributed by atoms with Crippen molar-refractivity contribution in [2.24, 2.45) is 10.9 Å². The van der Waals surface area contributed by atoms with Gasteiger partial charge in [-0.1, -0.05) is 0 Å². The number of halogens is 1. The summed E-state index contributed by atoms with van der Waals surface area (Å²) in [5.41, 5.74) is 0. The summed E-state index contributed by atoms with van der Waals surface area (Å²) in [6.07, 6.45) is 5.21. The Bertz CT molecular complexity index is 378. The van der Waals surface area contributed by atoms with E-state index in [1.165, 1.54) is 12.8 Å². The summed E-state index contributed by atoms with van der Waals surface area (Å²) in [7, 11) is 1.70. The SMILES string of the molecule is COCCNC(=NCC1CC1)NCCc1ccco1.I. The van der Waals surface area contributed by atoms with Gasteiger partial charge < -0.3 is 19.8 Å². The maximum Gasteiger partial charge on any atom is 0.191 e. The molecular formula is C14H24IN3O2. The van der Waals surface area contributed by atoms with E-state index < -0.39 is 0 Å².